The van der Waals surface area contributed by atoms with E-state index < -0.39 is 11.9 Å². The maximum absolute atomic E-state index is 11.4. The highest BCUT2D eigenvalue weighted by Crippen LogP contribution is 2.51. The third kappa shape index (κ3) is 4.37. The topological polar surface area (TPSA) is 74.6 Å². The van der Waals surface area contributed by atoms with Crippen LogP contribution in [0.5, 0.6) is 0 Å². The summed E-state index contributed by atoms with van der Waals surface area (Å²) in [7, 11) is 0. The standard InChI is InChI=1S/C30H20O4S/c31-29(32)23-15-11-21(12-16-23)27-25(19-7-3-1-4-8-19)26(20-9-5-2-6-10-20)28(35-27)22-13-17-24(18-14-22)30(33)34/h1-18H,(H,31,32)(H,33,34). The maximum Gasteiger partial charge on any atom is 0.335 e. The van der Waals surface area contributed by atoms with Crippen molar-refractivity contribution in [3.8, 4) is 43.1 Å². The van der Waals surface area contributed by atoms with E-state index in [0.717, 1.165) is 43.1 Å². The summed E-state index contributed by atoms with van der Waals surface area (Å²) in [5, 5.41) is 18.7. The molecule has 0 aliphatic rings. The van der Waals surface area contributed by atoms with Gasteiger partial charge in [-0.15, -0.1) is 11.3 Å². The van der Waals surface area contributed by atoms with Crippen LogP contribution in [0.2, 0.25) is 0 Å². The number of rotatable bonds is 6. The number of aromatic carboxylic acids is 2. The Morgan fingerprint density at radius 1 is 0.457 bits per heavy atom. The molecule has 1 aromatic heterocycles. The average Bonchev–Trinajstić information content (AvgIpc) is 3.30. The molecule has 0 aliphatic carbocycles. The van der Waals surface area contributed by atoms with Crippen LogP contribution in [-0.2, 0) is 0 Å². The van der Waals surface area contributed by atoms with Crippen LogP contribution >= 0.6 is 11.3 Å². The lowest BCUT2D eigenvalue weighted by molar-refractivity contribution is 0.0686. The molecule has 5 rings (SSSR count). The summed E-state index contributed by atoms with van der Waals surface area (Å²) in [6.07, 6.45) is 0. The summed E-state index contributed by atoms with van der Waals surface area (Å²) < 4.78 is 0. The van der Waals surface area contributed by atoms with Crippen LogP contribution in [0.1, 0.15) is 20.7 Å². The highest BCUT2D eigenvalue weighted by atomic mass is 32.1. The second-order valence-electron chi connectivity index (χ2n) is 8.01. The molecule has 4 nitrogen and oxygen atoms in total. The van der Waals surface area contributed by atoms with E-state index in [9.17, 15) is 19.8 Å². The van der Waals surface area contributed by atoms with Crippen molar-refractivity contribution in [2.45, 2.75) is 0 Å². The number of hydrogen-bond donors (Lipinski definition) is 2. The Labute approximate surface area is 206 Å². The lowest BCUT2D eigenvalue weighted by atomic mass is 9.91. The number of benzene rings is 4. The smallest absolute Gasteiger partial charge is 0.335 e. The summed E-state index contributed by atoms with van der Waals surface area (Å²) in [5.74, 6) is -1.93. The SMILES string of the molecule is O=C(O)c1ccc(-c2sc(-c3ccc(C(=O)O)cc3)c(-c3ccccc3)c2-c2ccccc2)cc1. The number of carboxylic acid groups (broad SMARTS) is 2. The molecule has 0 radical (unpaired) electrons. The van der Waals surface area contributed by atoms with Crippen molar-refractivity contribution in [1.82, 2.24) is 0 Å². The first-order valence-electron chi connectivity index (χ1n) is 11.0. The predicted octanol–water partition coefficient (Wildman–Crippen LogP) is 7.81. The van der Waals surface area contributed by atoms with Gasteiger partial charge in [0.25, 0.3) is 0 Å². The van der Waals surface area contributed by atoms with E-state index in [0.29, 0.717) is 0 Å². The fraction of sp³-hybridized carbons (Fsp3) is 0. The van der Waals surface area contributed by atoms with Crippen LogP contribution in [0, 0.1) is 0 Å². The van der Waals surface area contributed by atoms with E-state index in [1.165, 1.54) is 0 Å². The molecule has 0 aliphatic heterocycles. The molecule has 1 heterocycles. The van der Waals surface area contributed by atoms with Crippen LogP contribution < -0.4 is 0 Å². The average molecular weight is 477 g/mol. The van der Waals surface area contributed by atoms with Crippen LogP contribution in [0.15, 0.2) is 109 Å². The second kappa shape index (κ2) is 9.41. The van der Waals surface area contributed by atoms with E-state index >= 15 is 0 Å². The molecular formula is C30H20O4S. The molecule has 5 aromatic rings. The van der Waals surface area contributed by atoms with Gasteiger partial charge < -0.3 is 10.2 Å². The van der Waals surface area contributed by atoms with Gasteiger partial charge in [-0.1, -0.05) is 84.9 Å². The molecule has 0 atom stereocenters. The van der Waals surface area contributed by atoms with Gasteiger partial charge >= 0.3 is 11.9 Å². The zero-order valence-electron chi connectivity index (χ0n) is 18.5. The van der Waals surface area contributed by atoms with Crippen molar-refractivity contribution in [1.29, 1.82) is 0 Å². The monoisotopic (exact) mass is 476 g/mol. The van der Waals surface area contributed by atoms with Crippen LogP contribution in [-0.4, -0.2) is 22.2 Å². The molecular weight excluding hydrogens is 456 g/mol. The fourth-order valence-electron chi connectivity index (χ4n) is 4.13. The zero-order valence-corrected chi connectivity index (χ0v) is 19.3. The lowest BCUT2D eigenvalue weighted by Gasteiger charge is -2.11. The quantitative estimate of drug-likeness (QED) is 0.262. The van der Waals surface area contributed by atoms with E-state index in [-0.39, 0.29) is 11.1 Å². The van der Waals surface area contributed by atoms with Gasteiger partial charge in [0.1, 0.15) is 0 Å². The van der Waals surface area contributed by atoms with Gasteiger partial charge in [-0.3, -0.25) is 0 Å². The normalized spacial score (nSPS) is 10.7. The first-order chi connectivity index (χ1) is 17.0. The van der Waals surface area contributed by atoms with Crippen molar-refractivity contribution in [2.24, 2.45) is 0 Å². The minimum atomic E-state index is -0.963. The van der Waals surface area contributed by atoms with E-state index in [4.69, 9.17) is 0 Å². The molecule has 0 unspecified atom stereocenters. The Hall–Kier alpha value is -4.48. The summed E-state index contributed by atoms with van der Waals surface area (Å²) in [6.45, 7) is 0. The van der Waals surface area contributed by atoms with Gasteiger partial charge in [-0.2, -0.15) is 0 Å². The Kier molecular flexibility index (Phi) is 6.00. The molecule has 2 N–H and O–H groups in total. The predicted molar refractivity (Wildman–Crippen MR) is 140 cm³/mol. The minimum Gasteiger partial charge on any atom is -0.478 e. The maximum atomic E-state index is 11.4. The first kappa shape index (κ1) is 22.3. The number of carboxylic acids is 2. The summed E-state index contributed by atoms with van der Waals surface area (Å²) in [5.41, 5.74) is 6.53. The molecule has 0 spiro atoms. The first-order valence-corrected chi connectivity index (χ1v) is 11.8. The van der Waals surface area contributed by atoms with Crippen molar-refractivity contribution in [2.75, 3.05) is 0 Å². The van der Waals surface area contributed by atoms with Crippen molar-refractivity contribution in [3.05, 3.63) is 120 Å². The van der Waals surface area contributed by atoms with E-state index in [2.05, 4.69) is 24.3 Å². The summed E-state index contributed by atoms with van der Waals surface area (Å²) in [6, 6.07) is 34.1. The fourth-order valence-corrected chi connectivity index (χ4v) is 5.48. The Morgan fingerprint density at radius 3 is 1.11 bits per heavy atom. The van der Waals surface area contributed by atoms with Gasteiger partial charge in [0.05, 0.1) is 11.1 Å². The highest BCUT2D eigenvalue weighted by molar-refractivity contribution is 7.20. The largest absolute Gasteiger partial charge is 0.478 e. The number of thiophene rings is 1. The van der Waals surface area contributed by atoms with Gasteiger partial charge in [-0.25, -0.2) is 9.59 Å². The summed E-state index contributed by atoms with van der Waals surface area (Å²) >= 11 is 1.62. The Bertz CT molecular complexity index is 1390. The molecule has 5 heteroatoms. The van der Waals surface area contributed by atoms with E-state index in [1.807, 2.05) is 60.7 Å². The Balaban J connectivity index is 1.81. The molecule has 170 valence electrons. The molecule has 0 amide bonds. The molecule has 35 heavy (non-hydrogen) atoms. The second-order valence-corrected chi connectivity index (χ2v) is 9.03. The van der Waals surface area contributed by atoms with E-state index in [1.54, 1.807) is 35.6 Å². The van der Waals surface area contributed by atoms with Gasteiger partial charge in [-0.05, 0) is 46.5 Å². The van der Waals surface area contributed by atoms with Crippen molar-refractivity contribution < 1.29 is 19.8 Å². The highest BCUT2D eigenvalue weighted by Gasteiger charge is 2.23. The minimum absolute atomic E-state index is 0.235. The number of hydrogen-bond acceptors (Lipinski definition) is 3. The third-order valence-electron chi connectivity index (χ3n) is 5.82. The molecule has 0 saturated heterocycles. The van der Waals surface area contributed by atoms with Crippen LogP contribution in [0.25, 0.3) is 43.1 Å². The molecule has 0 fully saturated rings. The Morgan fingerprint density at radius 2 is 0.800 bits per heavy atom. The number of carbonyl (C=O) groups is 2. The third-order valence-corrected chi connectivity index (χ3v) is 7.11. The summed E-state index contributed by atoms with van der Waals surface area (Å²) in [4.78, 5) is 24.8. The molecule has 0 saturated carbocycles. The van der Waals surface area contributed by atoms with Crippen LogP contribution in [0.3, 0.4) is 0 Å². The molecule has 4 aromatic carbocycles. The van der Waals surface area contributed by atoms with Gasteiger partial charge in [0.2, 0.25) is 0 Å². The van der Waals surface area contributed by atoms with Crippen molar-refractivity contribution >= 4 is 23.3 Å². The zero-order chi connectivity index (χ0) is 24.4. The van der Waals surface area contributed by atoms with Crippen LogP contribution in [0.4, 0.5) is 0 Å². The lowest BCUT2D eigenvalue weighted by Crippen LogP contribution is -1.95. The van der Waals surface area contributed by atoms with Gasteiger partial charge in [0, 0.05) is 20.9 Å². The van der Waals surface area contributed by atoms with Crippen molar-refractivity contribution in [3.63, 3.8) is 0 Å². The van der Waals surface area contributed by atoms with Gasteiger partial charge in [0.15, 0.2) is 0 Å². The molecule has 0 bridgehead atoms.